The fraction of sp³-hybridized carbons (Fsp3) is 0.440. The third-order valence-electron chi connectivity index (χ3n) is 6.52. The first kappa shape index (κ1) is 24.4. The number of esters is 1. The van der Waals surface area contributed by atoms with Crippen LogP contribution < -0.4 is 0 Å². The summed E-state index contributed by atoms with van der Waals surface area (Å²) in [4.78, 5) is 28.0. The lowest BCUT2D eigenvalue weighted by Gasteiger charge is -2.53. The number of sulfonamides is 1. The van der Waals surface area contributed by atoms with Crippen molar-refractivity contribution in [2.24, 2.45) is 0 Å². The lowest BCUT2D eigenvalue weighted by atomic mass is 9.84. The van der Waals surface area contributed by atoms with Crippen LogP contribution >= 0.6 is 0 Å². The van der Waals surface area contributed by atoms with Gasteiger partial charge in [-0.05, 0) is 30.9 Å². The number of β-lactam (4-membered cyclic amide) rings is 1. The van der Waals surface area contributed by atoms with Gasteiger partial charge in [0.15, 0.2) is 6.04 Å². The van der Waals surface area contributed by atoms with Gasteiger partial charge in [0.25, 0.3) is 0 Å². The lowest BCUT2D eigenvalue weighted by molar-refractivity contribution is -0.180. The van der Waals surface area contributed by atoms with Crippen LogP contribution in [-0.2, 0) is 42.3 Å². The molecule has 34 heavy (non-hydrogen) atoms. The predicted octanol–water partition coefficient (Wildman–Crippen LogP) is 2.34. The Morgan fingerprint density at radius 2 is 1.62 bits per heavy atom. The van der Waals surface area contributed by atoms with E-state index in [9.17, 15) is 18.0 Å². The number of benzene rings is 2. The van der Waals surface area contributed by atoms with Gasteiger partial charge < -0.3 is 14.4 Å². The van der Waals surface area contributed by atoms with E-state index in [4.69, 9.17) is 9.47 Å². The Balaban J connectivity index is 1.51. The van der Waals surface area contributed by atoms with E-state index in [1.54, 1.807) is 6.92 Å². The van der Waals surface area contributed by atoms with E-state index in [2.05, 4.69) is 0 Å². The summed E-state index contributed by atoms with van der Waals surface area (Å²) in [5.41, 5.74) is 0.666. The monoisotopic (exact) mass is 486 g/mol. The number of likely N-dealkylation sites (tertiary alicyclic amines) is 1. The fourth-order valence-corrected chi connectivity index (χ4v) is 6.13. The zero-order valence-electron chi connectivity index (χ0n) is 19.4. The van der Waals surface area contributed by atoms with Crippen LogP contribution in [0.4, 0.5) is 0 Å². The Bertz CT molecular complexity index is 1120. The van der Waals surface area contributed by atoms with Crippen molar-refractivity contribution >= 4 is 21.9 Å². The summed E-state index contributed by atoms with van der Waals surface area (Å²) < 4.78 is 37.4. The predicted molar refractivity (Wildman–Crippen MR) is 126 cm³/mol. The van der Waals surface area contributed by atoms with Crippen LogP contribution in [-0.4, -0.2) is 66.5 Å². The molecule has 0 N–H and O–H groups in total. The van der Waals surface area contributed by atoms with Crippen molar-refractivity contribution in [3.8, 4) is 0 Å². The number of ether oxygens (including phenoxy) is 2. The smallest absolute Gasteiger partial charge is 0.331 e. The van der Waals surface area contributed by atoms with Crippen LogP contribution in [0.5, 0.6) is 0 Å². The number of rotatable bonds is 9. The highest BCUT2D eigenvalue weighted by Crippen LogP contribution is 2.42. The second-order valence-corrected chi connectivity index (χ2v) is 10.9. The first-order valence-electron chi connectivity index (χ1n) is 11.4. The van der Waals surface area contributed by atoms with Gasteiger partial charge in [0.2, 0.25) is 15.9 Å². The highest BCUT2D eigenvalue weighted by molar-refractivity contribution is 7.88. The Morgan fingerprint density at radius 3 is 2.18 bits per heavy atom. The molecule has 2 aromatic rings. The first-order chi connectivity index (χ1) is 16.2. The van der Waals surface area contributed by atoms with E-state index in [-0.39, 0.29) is 25.7 Å². The van der Waals surface area contributed by atoms with E-state index in [1.807, 2.05) is 60.7 Å². The molecule has 0 unspecified atom stereocenters. The molecule has 182 valence electrons. The third kappa shape index (κ3) is 4.87. The topological polar surface area (TPSA) is 93.2 Å². The Morgan fingerprint density at radius 1 is 1.03 bits per heavy atom. The van der Waals surface area contributed by atoms with Crippen molar-refractivity contribution in [2.75, 3.05) is 19.3 Å². The molecule has 0 aliphatic carbocycles. The quantitative estimate of drug-likeness (QED) is 0.399. The number of carbonyl (C=O) groups excluding carboxylic acids is 2. The van der Waals surface area contributed by atoms with Crippen LogP contribution in [0.1, 0.15) is 30.9 Å². The molecule has 4 rings (SSSR count). The minimum absolute atomic E-state index is 0.0736. The number of nitrogens with zero attached hydrogens (tertiary/aromatic N) is 2. The number of hydrogen-bond donors (Lipinski definition) is 0. The summed E-state index contributed by atoms with van der Waals surface area (Å²) in [7, 11) is -3.55. The normalized spacial score (nSPS) is 22.4. The minimum Gasteiger partial charge on any atom is -0.459 e. The average molecular weight is 487 g/mol. The summed E-state index contributed by atoms with van der Waals surface area (Å²) in [5, 5.41) is 0. The second kappa shape index (κ2) is 9.85. The first-order valence-corrected chi connectivity index (χ1v) is 13.2. The van der Waals surface area contributed by atoms with Gasteiger partial charge in [0.05, 0.1) is 25.5 Å². The van der Waals surface area contributed by atoms with Crippen LogP contribution in [0.25, 0.3) is 0 Å². The van der Waals surface area contributed by atoms with Gasteiger partial charge in [-0.25, -0.2) is 13.2 Å². The van der Waals surface area contributed by atoms with Crippen LogP contribution in [0.3, 0.4) is 0 Å². The molecule has 0 radical (unpaired) electrons. The SMILES string of the molecule is C[C@@H](OCc1ccccc1)[C@@H](C(=O)OCc1ccccc1)N1C[C@@]2(CCCN2S(C)(=O)=O)C1=O. The van der Waals surface area contributed by atoms with Gasteiger partial charge in [-0.3, -0.25) is 4.79 Å². The standard InChI is InChI=1S/C25H30N2O6S/c1-19(32-16-20-10-5-3-6-11-20)22(23(28)33-17-21-12-7-4-8-13-21)26-18-25(24(26)29)14-9-15-27(25)34(2,30)31/h3-8,10-13,19,22H,9,14-18H2,1-2H3/t19-,22+,25+/m1/s1. The molecule has 2 saturated heterocycles. The second-order valence-electron chi connectivity index (χ2n) is 8.94. The molecule has 2 heterocycles. The highest BCUT2D eigenvalue weighted by atomic mass is 32.2. The number of hydrogen-bond acceptors (Lipinski definition) is 6. The van der Waals surface area contributed by atoms with Gasteiger partial charge in [-0.2, -0.15) is 4.31 Å². The molecule has 2 aliphatic heterocycles. The summed E-state index contributed by atoms with van der Waals surface area (Å²) in [6, 6.07) is 17.9. The van der Waals surface area contributed by atoms with Crippen LogP contribution in [0.2, 0.25) is 0 Å². The van der Waals surface area contributed by atoms with Crippen molar-refractivity contribution in [2.45, 2.75) is 50.7 Å². The van der Waals surface area contributed by atoms with Gasteiger partial charge >= 0.3 is 5.97 Å². The number of amides is 1. The Kier molecular flexibility index (Phi) is 7.06. The van der Waals surface area contributed by atoms with Crippen LogP contribution in [0.15, 0.2) is 60.7 Å². The lowest BCUT2D eigenvalue weighted by Crippen LogP contribution is -2.76. The zero-order chi connectivity index (χ0) is 24.3. The van der Waals surface area contributed by atoms with E-state index in [0.717, 1.165) is 17.4 Å². The number of carbonyl (C=O) groups is 2. The van der Waals surface area contributed by atoms with E-state index in [0.29, 0.717) is 19.4 Å². The van der Waals surface area contributed by atoms with Crippen LogP contribution in [0, 0.1) is 0 Å². The summed E-state index contributed by atoms with van der Waals surface area (Å²) in [5.74, 6) is -0.941. The summed E-state index contributed by atoms with van der Waals surface area (Å²) in [6.45, 7) is 2.53. The molecular weight excluding hydrogens is 456 g/mol. The molecule has 8 nitrogen and oxygen atoms in total. The molecule has 0 bridgehead atoms. The molecule has 2 aliphatic rings. The largest absolute Gasteiger partial charge is 0.459 e. The maximum absolute atomic E-state index is 13.4. The van der Waals surface area contributed by atoms with Crippen molar-refractivity contribution in [3.05, 3.63) is 71.8 Å². The Labute approximate surface area is 200 Å². The molecule has 1 amide bonds. The van der Waals surface area contributed by atoms with E-state index < -0.39 is 33.7 Å². The van der Waals surface area contributed by atoms with Crippen molar-refractivity contribution in [1.82, 2.24) is 9.21 Å². The van der Waals surface area contributed by atoms with E-state index >= 15 is 0 Å². The molecule has 2 fully saturated rings. The highest BCUT2D eigenvalue weighted by Gasteiger charge is 2.63. The summed E-state index contributed by atoms with van der Waals surface area (Å²) in [6.07, 6.45) is 1.52. The zero-order valence-corrected chi connectivity index (χ0v) is 20.2. The van der Waals surface area contributed by atoms with Crippen molar-refractivity contribution in [3.63, 3.8) is 0 Å². The molecule has 1 spiro atoms. The van der Waals surface area contributed by atoms with Gasteiger partial charge in [-0.1, -0.05) is 60.7 Å². The summed E-state index contributed by atoms with van der Waals surface area (Å²) >= 11 is 0. The fourth-order valence-electron chi connectivity index (χ4n) is 4.81. The van der Waals surface area contributed by atoms with Crippen molar-refractivity contribution < 1.29 is 27.5 Å². The minimum atomic E-state index is -3.55. The van der Waals surface area contributed by atoms with Crippen molar-refractivity contribution in [1.29, 1.82) is 0 Å². The molecule has 3 atom stereocenters. The Hall–Kier alpha value is -2.75. The molecule has 9 heteroatoms. The van der Waals surface area contributed by atoms with Gasteiger partial charge in [0.1, 0.15) is 12.1 Å². The maximum Gasteiger partial charge on any atom is 0.331 e. The molecular formula is C25H30N2O6S. The maximum atomic E-state index is 13.4. The van der Waals surface area contributed by atoms with Gasteiger partial charge in [0, 0.05) is 6.54 Å². The molecule has 0 aromatic heterocycles. The molecule has 2 aromatic carbocycles. The third-order valence-corrected chi connectivity index (χ3v) is 7.85. The average Bonchev–Trinajstić information content (AvgIpc) is 3.30. The van der Waals surface area contributed by atoms with Gasteiger partial charge in [-0.15, -0.1) is 0 Å². The van der Waals surface area contributed by atoms with E-state index in [1.165, 1.54) is 9.21 Å². The molecule has 0 saturated carbocycles.